The second-order valence-corrected chi connectivity index (χ2v) is 2.66. The molecule has 11 heavy (non-hydrogen) atoms. The molecule has 0 aliphatic rings. The highest BCUT2D eigenvalue weighted by atomic mass is 35.5. The fraction of sp³-hybridized carbons (Fsp3) is 0.125. The van der Waals surface area contributed by atoms with Crippen molar-refractivity contribution in [2.24, 2.45) is 10.7 Å². The van der Waals surface area contributed by atoms with E-state index in [1.54, 1.807) is 0 Å². The molecule has 0 radical (unpaired) electrons. The number of aliphatic imine (C=N–C) groups is 1. The molecule has 1 aromatic carbocycles. The molecule has 2 nitrogen and oxygen atoms in total. The molecule has 0 fully saturated rings. The van der Waals surface area contributed by atoms with Gasteiger partial charge in [-0.2, -0.15) is 0 Å². The van der Waals surface area contributed by atoms with E-state index in [2.05, 4.69) is 4.99 Å². The fourth-order valence-corrected chi connectivity index (χ4v) is 0.840. The minimum absolute atomic E-state index is 0.0638. The van der Waals surface area contributed by atoms with Crippen LogP contribution in [-0.2, 0) is 0 Å². The van der Waals surface area contributed by atoms with E-state index in [0.717, 1.165) is 5.69 Å². The van der Waals surface area contributed by atoms with E-state index in [-0.39, 0.29) is 5.29 Å². The van der Waals surface area contributed by atoms with Gasteiger partial charge in [-0.15, -0.1) is 0 Å². The van der Waals surface area contributed by atoms with Crippen molar-refractivity contribution in [3.8, 4) is 0 Å². The van der Waals surface area contributed by atoms with Gasteiger partial charge in [-0.3, -0.25) is 0 Å². The number of rotatable bonds is 1. The summed E-state index contributed by atoms with van der Waals surface area (Å²) in [5.74, 6) is 0. The van der Waals surface area contributed by atoms with Gasteiger partial charge in [-0.25, -0.2) is 4.99 Å². The van der Waals surface area contributed by atoms with Crippen molar-refractivity contribution in [1.82, 2.24) is 0 Å². The van der Waals surface area contributed by atoms with Crippen molar-refractivity contribution >= 4 is 22.6 Å². The summed E-state index contributed by atoms with van der Waals surface area (Å²) in [6.45, 7) is 2.01. The normalized spacial score (nSPS) is 11.6. The first-order valence-corrected chi connectivity index (χ1v) is 3.62. The van der Waals surface area contributed by atoms with Crippen LogP contribution in [0.25, 0.3) is 0 Å². The van der Waals surface area contributed by atoms with Gasteiger partial charge in [0.1, 0.15) is 0 Å². The average molecular weight is 169 g/mol. The Hall–Kier alpha value is -1.02. The highest BCUT2D eigenvalue weighted by Crippen LogP contribution is 2.12. The van der Waals surface area contributed by atoms with Crippen LogP contribution in [0, 0.1) is 6.92 Å². The maximum absolute atomic E-state index is 5.38. The highest BCUT2D eigenvalue weighted by Gasteiger charge is 1.88. The topological polar surface area (TPSA) is 38.4 Å². The zero-order valence-corrected chi connectivity index (χ0v) is 6.97. The Labute approximate surface area is 70.7 Å². The molecule has 1 aromatic rings. The number of amidine groups is 1. The maximum Gasteiger partial charge on any atom is 0.193 e. The molecular weight excluding hydrogens is 160 g/mol. The van der Waals surface area contributed by atoms with Crippen LogP contribution in [0.1, 0.15) is 5.56 Å². The van der Waals surface area contributed by atoms with Gasteiger partial charge in [0.15, 0.2) is 5.29 Å². The summed E-state index contributed by atoms with van der Waals surface area (Å²) in [4.78, 5) is 3.86. The first kappa shape index (κ1) is 8.08. The molecule has 2 N–H and O–H groups in total. The molecule has 1 rings (SSSR count). The summed E-state index contributed by atoms with van der Waals surface area (Å²) in [5.41, 5.74) is 7.15. The largest absolute Gasteiger partial charge is 0.374 e. The number of nitrogens with zero attached hydrogens (tertiary/aromatic N) is 1. The fourth-order valence-electron chi connectivity index (χ4n) is 0.743. The Morgan fingerprint density at radius 3 is 2.36 bits per heavy atom. The van der Waals surface area contributed by atoms with Gasteiger partial charge >= 0.3 is 0 Å². The third-order valence-electron chi connectivity index (χ3n) is 1.27. The van der Waals surface area contributed by atoms with Gasteiger partial charge in [0.05, 0.1) is 5.69 Å². The van der Waals surface area contributed by atoms with Gasteiger partial charge in [0.25, 0.3) is 0 Å². The molecule has 0 heterocycles. The van der Waals surface area contributed by atoms with E-state index in [4.69, 9.17) is 17.3 Å². The van der Waals surface area contributed by atoms with Crippen LogP contribution >= 0.6 is 11.6 Å². The number of hydrogen-bond acceptors (Lipinski definition) is 1. The molecule has 0 amide bonds. The predicted molar refractivity (Wildman–Crippen MR) is 48.3 cm³/mol. The van der Waals surface area contributed by atoms with Crippen molar-refractivity contribution < 1.29 is 0 Å². The second kappa shape index (κ2) is 3.39. The molecule has 0 atom stereocenters. The third kappa shape index (κ3) is 2.60. The number of halogens is 1. The average Bonchev–Trinajstić information content (AvgIpc) is 1.93. The second-order valence-electron chi connectivity index (χ2n) is 2.27. The van der Waals surface area contributed by atoms with Crippen LogP contribution in [0.4, 0.5) is 5.69 Å². The summed E-state index contributed by atoms with van der Waals surface area (Å²) >= 11 is 5.38. The van der Waals surface area contributed by atoms with E-state index in [1.807, 2.05) is 31.2 Å². The lowest BCUT2D eigenvalue weighted by molar-refractivity contribution is 1.43. The van der Waals surface area contributed by atoms with Gasteiger partial charge in [-0.05, 0) is 30.7 Å². The zero-order chi connectivity index (χ0) is 8.27. The van der Waals surface area contributed by atoms with E-state index in [0.29, 0.717) is 0 Å². The Kier molecular flexibility index (Phi) is 2.49. The van der Waals surface area contributed by atoms with E-state index >= 15 is 0 Å². The van der Waals surface area contributed by atoms with Crippen LogP contribution in [-0.4, -0.2) is 5.29 Å². The first-order valence-electron chi connectivity index (χ1n) is 3.25. The molecule has 0 aliphatic heterocycles. The molecule has 0 saturated carbocycles. The van der Waals surface area contributed by atoms with Gasteiger partial charge < -0.3 is 5.73 Å². The summed E-state index contributed by atoms with van der Waals surface area (Å²) in [7, 11) is 0. The lowest BCUT2D eigenvalue weighted by atomic mass is 10.2. The quantitative estimate of drug-likeness (QED) is 0.390. The minimum atomic E-state index is 0.0638. The van der Waals surface area contributed by atoms with Crippen molar-refractivity contribution in [3.05, 3.63) is 29.8 Å². The summed E-state index contributed by atoms with van der Waals surface area (Å²) < 4.78 is 0. The minimum Gasteiger partial charge on any atom is -0.374 e. The predicted octanol–water partition coefficient (Wildman–Crippen LogP) is 2.18. The molecular formula is C8H9ClN2. The zero-order valence-electron chi connectivity index (χ0n) is 6.21. The van der Waals surface area contributed by atoms with Crippen LogP contribution in [0.5, 0.6) is 0 Å². The Balaban J connectivity index is 2.91. The highest BCUT2D eigenvalue weighted by molar-refractivity contribution is 6.64. The third-order valence-corrected chi connectivity index (χ3v) is 1.35. The molecule has 0 bridgehead atoms. The van der Waals surface area contributed by atoms with Crippen molar-refractivity contribution in [2.45, 2.75) is 6.92 Å². The monoisotopic (exact) mass is 168 g/mol. The van der Waals surface area contributed by atoms with Crippen molar-refractivity contribution in [1.29, 1.82) is 0 Å². The molecule has 0 unspecified atom stereocenters. The van der Waals surface area contributed by atoms with E-state index < -0.39 is 0 Å². The molecule has 0 saturated heterocycles. The number of aryl methyl sites for hydroxylation is 1. The lowest BCUT2D eigenvalue weighted by Crippen LogP contribution is -1.99. The van der Waals surface area contributed by atoms with Crippen LogP contribution in [0.15, 0.2) is 29.3 Å². The smallest absolute Gasteiger partial charge is 0.193 e. The molecule has 0 aromatic heterocycles. The standard InChI is InChI=1S/C8H9ClN2/c1-6-2-4-7(5-3-6)11-8(9)10/h2-5H,1H3,(H2,10,11). The van der Waals surface area contributed by atoms with E-state index in [1.165, 1.54) is 5.56 Å². The summed E-state index contributed by atoms with van der Waals surface area (Å²) in [5, 5.41) is 0.0638. The molecule has 58 valence electrons. The Bertz CT molecular complexity index is 260. The SMILES string of the molecule is Cc1ccc(N=C(N)Cl)cc1. The molecule has 3 heteroatoms. The van der Waals surface area contributed by atoms with Crippen molar-refractivity contribution in [2.75, 3.05) is 0 Å². The number of hydrogen-bond donors (Lipinski definition) is 1. The number of nitrogens with two attached hydrogens (primary N) is 1. The van der Waals surface area contributed by atoms with E-state index in [9.17, 15) is 0 Å². The van der Waals surface area contributed by atoms with Gasteiger partial charge in [-0.1, -0.05) is 17.7 Å². The Morgan fingerprint density at radius 1 is 1.36 bits per heavy atom. The number of benzene rings is 1. The summed E-state index contributed by atoms with van der Waals surface area (Å²) in [6, 6.07) is 7.65. The Morgan fingerprint density at radius 2 is 1.91 bits per heavy atom. The van der Waals surface area contributed by atoms with Gasteiger partial charge in [0, 0.05) is 0 Å². The maximum atomic E-state index is 5.38. The molecule has 0 spiro atoms. The van der Waals surface area contributed by atoms with Crippen LogP contribution < -0.4 is 5.73 Å². The van der Waals surface area contributed by atoms with Gasteiger partial charge in [0.2, 0.25) is 0 Å². The summed E-state index contributed by atoms with van der Waals surface area (Å²) in [6.07, 6.45) is 0. The van der Waals surface area contributed by atoms with Crippen molar-refractivity contribution in [3.63, 3.8) is 0 Å². The first-order chi connectivity index (χ1) is 5.18. The van der Waals surface area contributed by atoms with Crippen LogP contribution in [0.2, 0.25) is 0 Å². The molecule has 0 aliphatic carbocycles. The van der Waals surface area contributed by atoms with Crippen LogP contribution in [0.3, 0.4) is 0 Å². The lowest BCUT2D eigenvalue weighted by Gasteiger charge is -1.93.